The van der Waals surface area contributed by atoms with Crippen molar-refractivity contribution in [1.29, 1.82) is 0 Å². The van der Waals surface area contributed by atoms with Crippen molar-refractivity contribution in [2.75, 3.05) is 26.2 Å². The number of rotatable bonds is 7. The molecule has 38 heavy (non-hydrogen) atoms. The van der Waals surface area contributed by atoms with Crippen LogP contribution in [0.4, 0.5) is 14.0 Å². The molecule has 2 amide bonds. The monoisotopic (exact) mass is 575 g/mol. The minimum absolute atomic E-state index is 0.0410. The lowest BCUT2D eigenvalue weighted by atomic mass is 9.85. The summed E-state index contributed by atoms with van der Waals surface area (Å²) in [4.78, 5) is 28.6. The molecule has 1 heterocycles. The predicted octanol–water partition coefficient (Wildman–Crippen LogP) is 6.37. The maximum atomic E-state index is 15.9. The number of aryl methyl sites for hydroxylation is 1. The van der Waals surface area contributed by atoms with Crippen molar-refractivity contribution in [3.63, 3.8) is 0 Å². The summed E-state index contributed by atoms with van der Waals surface area (Å²) in [6.45, 7) is 17.8. The van der Waals surface area contributed by atoms with E-state index in [1.54, 1.807) is 17.9 Å². The average molecular weight is 576 g/mol. The van der Waals surface area contributed by atoms with Gasteiger partial charge in [-0.1, -0.05) is 11.6 Å². The van der Waals surface area contributed by atoms with Gasteiger partial charge in [-0.2, -0.15) is 0 Å². The van der Waals surface area contributed by atoms with E-state index in [1.807, 2.05) is 55.4 Å². The summed E-state index contributed by atoms with van der Waals surface area (Å²) < 4.78 is 42.9. The van der Waals surface area contributed by atoms with Crippen LogP contribution in [0.15, 0.2) is 6.07 Å². The highest BCUT2D eigenvalue weighted by molar-refractivity contribution is 7.90. The van der Waals surface area contributed by atoms with Gasteiger partial charge in [0.15, 0.2) is 5.82 Å². The molecule has 1 aromatic rings. The van der Waals surface area contributed by atoms with Crippen LogP contribution in [0.1, 0.15) is 85.4 Å². The maximum absolute atomic E-state index is 15.9. The molecular formula is C27H43ClFN3O5S. The van der Waals surface area contributed by atoms with E-state index in [0.717, 1.165) is 0 Å². The number of carbonyl (C=O) groups excluding carboxylic acids is 2. The van der Waals surface area contributed by atoms with Crippen LogP contribution < -0.4 is 9.46 Å². The van der Waals surface area contributed by atoms with Gasteiger partial charge in [0.05, 0.1) is 16.6 Å². The number of amides is 2. The fraction of sp³-hybridized carbons (Fsp3) is 0.704. The molecule has 0 aliphatic carbocycles. The van der Waals surface area contributed by atoms with E-state index >= 15 is 4.39 Å². The van der Waals surface area contributed by atoms with Crippen LogP contribution in [0, 0.1) is 18.7 Å². The van der Waals surface area contributed by atoms with Gasteiger partial charge in [-0.05, 0) is 92.7 Å². The third kappa shape index (κ3) is 8.37. The van der Waals surface area contributed by atoms with Crippen LogP contribution in [0.5, 0.6) is 5.75 Å². The van der Waals surface area contributed by atoms with Gasteiger partial charge in [0.1, 0.15) is 16.1 Å². The summed E-state index contributed by atoms with van der Waals surface area (Å²) in [5, 5.41) is -0.0813. The molecule has 1 fully saturated rings. The Morgan fingerprint density at radius 1 is 1.21 bits per heavy atom. The second-order valence-electron chi connectivity index (χ2n) is 11.6. The summed E-state index contributed by atoms with van der Waals surface area (Å²) in [5.41, 5.74) is -0.132. The Kier molecular flexibility index (Phi) is 11.2. The maximum Gasteiger partial charge on any atom is 0.415 e. The van der Waals surface area contributed by atoms with Crippen LogP contribution in [0.2, 0.25) is 5.02 Å². The molecule has 1 aromatic carbocycles. The zero-order valence-electron chi connectivity index (χ0n) is 24.1. The summed E-state index contributed by atoms with van der Waals surface area (Å²) in [7, 11) is 0. The lowest BCUT2D eigenvalue weighted by Gasteiger charge is -2.38. The highest BCUT2D eigenvalue weighted by Gasteiger charge is 2.40. The van der Waals surface area contributed by atoms with Crippen molar-refractivity contribution >= 4 is 35.1 Å². The fourth-order valence-corrected chi connectivity index (χ4v) is 5.23. The molecule has 2 rings (SSSR count). The molecule has 0 spiro atoms. The largest absolute Gasteiger partial charge is 0.598 e. The van der Waals surface area contributed by atoms with Crippen LogP contribution in [0.3, 0.4) is 0 Å². The number of halogens is 2. The number of nitrogens with one attached hydrogen (secondary N) is 1. The Hall–Kier alpha value is -1.75. The molecule has 8 nitrogen and oxygen atoms in total. The van der Waals surface area contributed by atoms with E-state index in [9.17, 15) is 14.1 Å². The number of hydrogen-bond donors (Lipinski definition) is 1. The van der Waals surface area contributed by atoms with Gasteiger partial charge in [0, 0.05) is 37.5 Å². The zero-order chi connectivity index (χ0) is 29.0. The molecular weight excluding hydrogens is 533 g/mol. The lowest BCUT2D eigenvalue weighted by molar-refractivity contribution is 0.0170. The first-order chi connectivity index (χ1) is 17.5. The van der Waals surface area contributed by atoms with Crippen molar-refractivity contribution in [2.24, 2.45) is 5.92 Å². The predicted molar refractivity (Wildman–Crippen MR) is 149 cm³/mol. The molecule has 0 radical (unpaired) electrons. The normalized spacial score (nSPS) is 16.7. The highest BCUT2D eigenvalue weighted by atomic mass is 35.5. The number of hydrogen-bond acceptors (Lipinski definition) is 6. The Morgan fingerprint density at radius 2 is 1.76 bits per heavy atom. The molecule has 2 unspecified atom stereocenters. The van der Waals surface area contributed by atoms with Crippen LogP contribution in [-0.4, -0.2) is 63.1 Å². The Balaban J connectivity index is 2.49. The van der Waals surface area contributed by atoms with Crippen LogP contribution in [0.25, 0.3) is 0 Å². The second kappa shape index (κ2) is 13.1. The molecule has 0 aromatic heterocycles. The molecule has 1 N–H and O–H groups in total. The van der Waals surface area contributed by atoms with E-state index < -0.39 is 45.8 Å². The topological polar surface area (TPSA) is 94.2 Å². The Labute approximate surface area is 234 Å². The third-order valence-corrected chi connectivity index (χ3v) is 8.42. The molecule has 216 valence electrons. The van der Waals surface area contributed by atoms with E-state index in [4.69, 9.17) is 21.1 Å². The smallest absolute Gasteiger partial charge is 0.415 e. The zero-order valence-corrected chi connectivity index (χ0v) is 25.6. The van der Waals surface area contributed by atoms with Crippen molar-refractivity contribution in [2.45, 2.75) is 91.5 Å². The van der Waals surface area contributed by atoms with Crippen molar-refractivity contribution in [3.8, 4) is 5.75 Å². The fourth-order valence-electron chi connectivity index (χ4n) is 4.18. The van der Waals surface area contributed by atoms with Crippen LogP contribution >= 0.6 is 11.6 Å². The minimum Gasteiger partial charge on any atom is -0.598 e. The van der Waals surface area contributed by atoms with Gasteiger partial charge in [-0.15, -0.1) is 4.72 Å². The molecule has 0 bridgehead atoms. The highest BCUT2D eigenvalue weighted by Crippen LogP contribution is 2.42. The van der Waals surface area contributed by atoms with Gasteiger partial charge in [-0.25, -0.2) is 14.0 Å². The number of piperidine rings is 1. The van der Waals surface area contributed by atoms with Gasteiger partial charge in [-0.3, -0.25) is 0 Å². The molecule has 1 saturated heterocycles. The summed E-state index contributed by atoms with van der Waals surface area (Å²) >= 11 is 4.78. The quantitative estimate of drug-likeness (QED) is 0.380. The van der Waals surface area contributed by atoms with Gasteiger partial charge < -0.3 is 23.8 Å². The van der Waals surface area contributed by atoms with E-state index in [1.165, 1.54) is 4.90 Å². The lowest BCUT2D eigenvalue weighted by Crippen LogP contribution is -2.47. The van der Waals surface area contributed by atoms with E-state index in [0.29, 0.717) is 44.6 Å². The Bertz CT molecular complexity index is 986. The van der Waals surface area contributed by atoms with Crippen molar-refractivity contribution in [1.82, 2.24) is 14.5 Å². The van der Waals surface area contributed by atoms with Crippen molar-refractivity contribution < 1.29 is 28.0 Å². The SMILES string of the molecule is CCN(CC)C(=O)Oc1cc(C)c(Cl)c(F)c1C(N[S+]([O-])C(C)(C)C)C1CCN(C(=O)OC(C)(C)C)CC1. The standard InChI is InChI=1S/C27H43ClFN3O5S/c1-10-31(11-2)24(33)36-19-16-17(3)21(28)22(29)20(19)23(30-38(35)27(7,8)9)18-12-14-32(15-13-18)25(34)37-26(4,5)6/h16,18,23,30H,10-15H2,1-9H3. The number of carbonyl (C=O) groups is 2. The van der Waals surface area contributed by atoms with E-state index in [2.05, 4.69) is 4.72 Å². The van der Waals surface area contributed by atoms with E-state index in [-0.39, 0.29) is 22.3 Å². The second-order valence-corrected chi connectivity index (χ2v) is 13.9. The van der Waals surface area contributed by atoms with Gasteiger partial charge >= 0.3 is 12.2 Å². The molecule has 0 saturated carbocycles. The number of likely N-dealkylation sites (tertiary alicyclic amines) is 1. The number of benzene rings is 1. The van der Waals surface area contributed by atoms with Crippen molar-refractivity contribution in [3.05, 3.63) is 28.0 Å². The molecule has 11 heteroatoms. The third-order valence-electron chi connectivity index (χ3n) is 6.37. The molecule has 2 atom stereocenters. The Morgan fingerprint density at radius 3 is 2.24 bits per heavy atom. The number of nitrogens with zero attached hydrogens (tertiary/aromatic N) is 2. The minimum atomic E-state index is -1.57. The molecule has 1 aliphatic heterocycles. The van der Waals surface area contributed by atoms with Crippen LogP contribution in [-0.2, 0) is 16.1 Å². The summed E-state index contributed by atoms with van der Waals surface area (Å²) in [5.74, 6) is -0.898. The first kappa shape index (κ1) is 32.5. The number of ether oxygens (including phenoxy) is 2. The first-order valence-electron chi connectivity index (χ1n) is 13.1. The van der Waals surface area contributed by atoms with Gasteiger partial charge in [0.2, 0.25) is 0 Å². The summed E-state index contributed by atoms with van der Waals surface area (Å²) in [6, 6.07) is 0.764. The first-order valence-corrected chi connectivity index (χ1v) is 14.6. The van der Waals surface area contributed by atoms with Gasteiger partial charge in [0.25, 0.3) is 0 Å². The average Bonchev–Trinajstić information content (AvgIpc) is 2.81. The molecule has 1 aliphatic rings. The summed E-state index contributed by atoms with van der Waals surface area (Å²) in [6.07, 6.45) is -0.0240.